The lowest BCUT2D eigenvalue weighted by Crippen LogP contribution is -2.58. The number of benzene rings is 1. The zero-order valence-corrected chi connectivity index (χ0v) is 19.1. The average molecular weight is 400 g/mol. The molecule has 160 valence electrons. The quantitative estimate of drug-likeness (QED) is 0.815. The molecule has 2 heterocycles. The second-order valence-electron chi connectivity index (χ2n) is 9.64. The second kappa shape index (κ2) is 8.49. The van der Waals surface area contributed by atoms with E-state index in [0.717, 1.165) is 31.2 Å². The van der Waals surface area contributed by atoms with E-state index in [1.165, 1.54) is 16.8 Å². The van der Waals surface area contributed by atoms with Gasteiger partial charge in [0.25, 0.3) is 0 Å². The molecule has 0 radical (unpaired) electrons. The summed E-state index contributed by atoms with van der Waals surface area (Å²) < 4.78 is 5.29. The Kier molecular flexibility index (Phi) is 6.39. The molecule has 1 N–H and O–H groups in total. The van der Waals surface area contributed by atoms with E-state index in [1.54, 1.807) is 7.11 Å². The molecule has 0 spiro atoms. The largest absolute Gasteiger partial charge is 0.497 e. The van der Waals surface area contributed by atoms with E-state index in [4.69, 9.17) is 9.73 Å². The molecular weight excluding hydrogens is 362 g/mol. The molecule has 0 aromatic heterocycles. The molecule has 2 aliphatic heterocycles. The van der Waals surface area contributed by atoms with Crippen molar-refractivity contribution >= 4 is 5.84 Å². The highest BCUT2D eigenvalue weighted by molar-refractivity contribution is 5.90. The Labute approximate surface area is 176 Å². The zero-order chi connectivity index (χ0) is 21.3. The topological polar surface area (TPSA) is 48.3 Å². The first-order chi connectivity index (χ1) is 13.7. The lowest BCUT2D eigenvalue weighted by atomic mass is 9.86. The monoisotopic (exact) mass is 399 g/mol. The molecule has 29 heavy (non-hydrogen) atoms. The van der Waals surface area contributed by atoms with E-state index in [9.17, 15) is 5.11 Å². The number of nitrogens with zero attached hydrogens (tertiary/aromatic N) is 3. The van der Waals surface area contributed by atoms with Gasteiger partial charge in [0.2, 0.25) is 0 Å². The number of aliphatic imine (C=N–C) groups is 1. The summed E-state index contributed by atoms with van der Waals surface area (Å²) in [5, 5.41) is 10.2. The van der Waals surface area contributed by atoms with Crippen molar-refractivity contribution in [1.82, 2.24) is 9.80 Å². The molecule has 0 amide bonds. The number of fused-ring (bicyclic) bond motifs is 1. The molecular formula is C24H37N3O2. The van der Waals surface area contributed by atoms with Crippen molar-refractivity contribution in [2.75, 3.05) is 26.8 Å². The summed E-state index contributed by atoms with van der Waals surface area (Å²) in [5.74, 6) is 2.46. The maximum Gasteiger partial charge on any atom is 0.118 e. The molecule has 3 rings (SSSR count). The van der Waals surface area contributed by atoms with Crippen molar-refractivity contribution in [2.24, 2.45) is 16.3 Å². The SMILES string of the molecule is COc1ccc(CN2CC3=C(C(C)C)[C@H](C)N=C(C(C)(C)C)N3C[C@H]2CO)cc1. The number of methoxy groups -OCH3 is 1. The van der Waals surface area contributed by atoms with Crippen LogP contribution in [0.1, 0.15) is 47.1 Å². The number of hydrogen-bond donors (Lipinski definition) is 1. The van der Waals surface area contributed by atoms with Gasteiger partial charge in [0.05, 0.1) is 25.8 Å². The number of amidine groups is 1. The van der Waals surface area contributed by atoms with Gasteiger partial charge in [-0.25, -0.2) is 0 Å². The van der Waals surface area contributed by atoms with E-state index >= 15 is 0 Å². The molecule has 1 aromatic rings. The van der Waals surface area contributed by atoms with E-state index in [2.05, 4.69) is 63.5 Å². The maximum absolute atomic E-state index is 10.2. The minimum atomic E-state index is -0.0276. The van der Waals surface area contributed by atoms with Gasteiger partial charge >= 0.3 is 0 Å². The minimum absolute atomic E-state index is 0.0276. The minimum Gasteiger partial charge on any atom is -0.497 e. The highest BCUT2D eigenvalue weighted by atomic mass is 16.5. The van der Waals surface area contributed by atoms with Crippen LogP contribution < -0.4 is 4.74 Å². The van der Waals surface area contributed by atoms with Crippen molar-refractivity contribution in [3.63, 3.8) is 0 Å². The third-order valence-corrected chi connectivity index (χ3v) is 5.99. The molecule has 2 atom stereocenters. The predicted molar refractivity (Wildman–Crippen MR) is 119 cm³/mol. The fourth-order valence-electron chi connectivity index (χ4n) is 4.61. The fourth-order valence-corrected chi connectivity index (χ4v) is 4.61. The van der Waals surface area contributed by atoms with Crippen molar-refractivity contribution in [1.29, 1.82) is 0 Å². The van der Waals surface area contributed by atoms with Crippen LogP contribution in [0.2, 0.25) is 0 Å². The van der Waals surface area contributed by atoms with Gasteiger partial charge in [0, 0.05) is 30.7 Å². The molecule has 2 aliphatic rings. The molecule has 1 aromatic carbocycles. The summed E-state index contributed by atoms with van der Waals surface area (Å²) >= 11 is 0. The Morgan fingerprint density at radius 1 is 1.21 bits per heavy atom. The van der Waals surface area contributed by atoms with Crippen molar-refractivity contribution < 1.29 is 9.84 Å². The Morgan fingerprint density at radius 3 is 2.38 bits per heavy atom. The summed E-state index contributed by atoms with van der Waals surface area (Å²) in [7, 11) is 1.69. The molecule has 0 saturated carbocycles. The molecule has 0 aliphatic carbocycles. The third kappa shape index (κ3) is 4.51. The normalized spacial score (nSPS) is 23.3. The van der Waals surface area contributed by atoms with Gasteiger partial charge in [-0.3, -0.25) is 9.89 Å². The number of piperazine rings is 1. The van der Waals surface area contributed by atoms with Crippen LogP contribution >= 0.6 is 0 Å². The summed E-state index contributed by atoms with van der Waals surface area (Å²) in [5.41, 5.74) is 4.01. The van der Waals surface area contributed by atoms with Gasteiger partial charge in [-0.1, -0.05) is 46.8 Å². The van der Waals surface area contributed by atoms with Crippen LogP contribution in [0.3, 0.4) is 0 Å². The van der Waals surface area contributed by atoms with Crippen LogP contribution in [0.25, 0.3) is 0 Å². The molecule has 1 fully saturated rings. The number of hydrogen-bond acceptors (Lipinski definition) is 5. The summed E-state index contributed by atoms with van der Waals surface area (Å²) in [6.07, 6.45) is 0. The first kappa shape index (κ1) is 21.8. The van der Waals surface area contributed by atoms with Crippen LogP contribution in [-0.4, -0.2) is 59.6 Å². The van der Waals surface area contributed by atoms with Gasteiger partial charge in [-0.05, 0) is 36.1 Å². The number of aliphatic hydroxyl groups is 1. The summed E-state index contributed by atoms with van der Waals surface area (Å²) in [4.78, 5) is 9.92. The van der Waals surface area contributed by atoms with Crippen molar-refractivity contribution in [2.45, 2.75) is 60.2 Å². The molecule has 1 saturated heterocycles. The van der Waals surface area contributed by atoms with Gasteiger partial charge in [-0.2, -0.15) is 0 Å². The molecule has 0 bridgehead atoms. The lowest BCUT2D eigenvalue weighted by Gasteiger charge is -2.49. The predicted octanol–water partition coefficient (Wildman–Crippen LogP) is 3.93. The van der Waals surface area contributed by atoms with E-state index in [1.807, 2.05) is 12.1 Å². The first-order valence-electron chi connectivity index (χ1n) is 10.7. The standard InChI is InChI=1S/C24H37N3O2/c1-16(2)22-17(3)25-23(24(4,5)6)27-13-19(15-28)26(14-21(22)27)12-18-8-10-20(29-7)11-9-18/h8-11,16-17,19,28H,12-15H2,1-7H3/t17-,19-/m0/s1. The fraction of sp³-hybridized carbons (Fsp3) is 0.625. The molecule has 5 heteroatoms. The van der Waals surface area contributed by atoms with E-state index < -0.39 is 0 Å². The number of ether oxygens (including phenoxy) is 1. The first-order valence-corrected chi connectivity index (χ1v) is 10.7. The molecule has 5 nitrogen and oxygen atoms in total. The Balaban J connectivity index is 1.94. The average Bonchev–Trinajstić information content (AvgIpc) is 2.66. The maximum atomic E-state index is 10.2. The zero-order valence-electron chi connectivity index (χ0n) is 19.1. The van der Waals surface area contributed by atoms with Crippen LogP contribution in [0.4, 0.5) is 0 Å². The van der Waals surface area contributed by atoms with Gasteiger partial charge in [0.15, 0.2) is 0 Å². The van der Waals surface area contributed by atoms with Crippen LogP contribution in [0.5, 0.6) is 5.75 Å². The van der Waals surface area contributed by atoms with Crippen LogP contribution in [0.15, 0.2) is 40.5 Å². The van der Waals surface area contributed by atoms with Crippen molar-refractivity contribution in [3.8, 4) is 5.75 Å². The Bertz CT molecular complexity index is 774. The lowest BCUT2D eigenvalue weighted by molar-refractivity contribution is 0.0761. The Hall–Kier alpha value is -1.85. The smallest absolute Gasteiger partial charge is 0.118 e. The van der Waals surface area contributed by atoms with Crippen molar-refractivity contribution in [3.05, 3.63) is 41.1 Å². The van der Waals surface area contributed by atoms with Crippen LogP contribution in [0, 0.1) is 11.3 Å². The highest BCUT2D eigenvalue weighted by Gasteiger charge is 2.40. The number of aliphatic hydroxyl groups excluding tert-OH is 1. The second-order valence-corrected chi connectivity index (χ2v) is 9.64. The molecule has 0 unspecified atom stereocenters. The van der Waals surface area contributed by atoms with E-state index in [0.29, 0.717) is 5.92 Å². The van der Waals surface area contributed by atoms with Crippen LogP contribution in [-0.2, 0) is 6.54 Å². The van der Waals surface area contributed by atoms with Gasteiger partial charge in [0.1, 0.15) is 11.6 Å². The third-order valence-electron chi connectivity index (χ3n) is 5.99. The number of rotatable bonds is 5. The summed E-state index contributed by atoms with van der Waals surface area (Å²) in [6.45, 7) is 16.0. The van der Waals surface area contributed by atoms with Gasteiger partial charge < -0.3 is 14.7 Å². The summed E-state index contributed by atoms with van der Waals surface area (Å²) in [6, 6.07) is 8.52. The van der Waals surface area contributed by atoms with Gasteiger partial charge in [-0.15, -0.1) is 0 Å². The Morgan fingerprint density at radius 2 is 1.86 bits per heavy atom. The van der Waals surface area contributed by atoms with E-state index in [-0.39, 0.29) is 24.1 Å². The highest BCUT2D eigenvalue weighted by Crippen LogP contribution is 2.36.